The summed E-state index contributed by atoms with van der Waals surface area (Å²) in [5, 5.41) is 0. The highest BCUT2D eigenvalue weighted by molar-refractivity contribution is 5.88. The molecule has 1 aromatic rings. The molecule has 1 aliphatic carbocycles. The number of benzene rings is 1. The zero-order valence-corrected chi connectivity index (χ0v) is 12.9. The highest BCUT2D eigenvalue weighted by Gasteiger charge is 2.36. The summed E-state index contributed by atoms with van der Waals surface area (Å²) in [6.45, 7) is 3.76. The number of carbonyl (C=O) groups is 1. The maximum atomic E-state index is 11.9. The van der Waals surface area contributed by atoms with E-state index in [4.69, 9.17) is 15.5 Å². The summed E-state index contributed by atoms with van der Waals surface area (Å²) in [5.41, 5.74) is 6.12. The van der Waals surface area contributed by atoms with Crippen LogP contribution in [0.4, 0.5) is 0 Å². The van der Waals surface area contributed by atoms with E-state index in [0.29, 0.717) is 11.5 Å². The monoisotopic (exact) mass is 291 g/mol. The van der Waals surface area contributed by atoms with Gasteiger partial charge in [-0.05, 0) is 44.7 Å². The third-order valence-electron chi connectivity index (χ3n) is 4.30. The predicted octanol–water partition coefficient (Wildman–Crippen LogP) is 3.46. The van der Waals surface area contributed by atoms with Crippen molar-refractivity contribution in [2.75, 3.05) is 0 Å². The summed E-state index contributed by atoms with van der Waals surface area (Å²) < 4.78 is 0. The van der Waals surface area contributed by atoms with Crippen LogP contribution < -0.4 is 5.73 Å². The van der Waals surface area contributed by atoms with Crippen molar-refractivity contribution in [1.29, 1.82) is 0 Å². The van der Waals surface area contributed by atoms with Crippen molar-refractivity contribution in [3.8, 4) is 0 Å². The van der Waals surface area contributed by atoms with Crippen LogP contribution in [0.15, 0.2) is 30.3 Å². The summed E-state index contributed by atoms with van der Waals surface area (Å²) in [6.07, 6.45) is 5.98. The molecule has 1 unspecified atom stereocenters. The topological polar surface area (TPSA) is 61.5 Å². The van der Waals surface area contributed by atoms with Crippen LogP contribution in [-0.4, -0.2) is 17.6 Å². The second-order valence-corrected chi connectivity index (χ2v) is 6.35. The van der Waals surface area contributed by atoms with E-state index in [-0.39, 0.29) is 6.04 Å². The Balaban J connectivity index is 1.89. The molecule has 0 bridgehead atoms. The minimum absolute atomic E-state index is 0.138. The van der Waals surface area contributed by atoms with E-state index in [0.717, 1.165) is 12.8 Å². The third-order valence-corrected chi connectivity index (χ3v) is 4.30. The second kappa shape index (κ2) is 7.05. The molecule has 1 aromatic carbocycles. The van der Waals surface area contributed by atoms with Crippen molar-refractivity contribution in [3.63, 3.8) is 0 Å². The Morgan fingerprint density at radius 3 is 2.43 bits per heavy atom. The van der Waals surface area contributed by atoms with E-state index < -0.39 is 11.6 Å². The number of hydrogen-bond donors (Lipinski definition) is 1. The summed E-state index contributed by atoms with van der Waals surface area (Å²) in [6, 6.07) is 8.67. The fourth-order valence-corrected chi connectivity index (χ4v) is 2.88. The zero-order chi connectivity index (χ0) is 15.3. The maximum absolute atomic E-state index is 11.9. The Labute approximate surface area is 126 Å². The summed E-state index contributed by atoms with van der Waals surface area (Å²) in [4.78, 5) is 22.3. The highest BCUT2D eigenvalue weighted by atomic mass is 17.2. The number of carbonyl (C=O) groups excluding carboxylic acids is 1. The smallest absolute Gasteiger partial charge is 0.325 e. The van der Waals surface area contributed by atoms with E-state index >= 15 is 0 Å². The van der Waals surface area contributed by atoms with Gasteiger partial charge in [-0.2, -0.15) is 4.89 Å². The average Bonchev–Trinajstić information content (AvgIpc) is 2.53. The van der Waals surface area contributed by atoms with Crippen molar-refractivity contribution < 1.29 is 14.6 Å². The zero-order valence-electron chi connectivity index (χ0n) is 12.9. The molecule has 4 nitrogen and oxygen atoms in total. The molecule has 2 rings (SSSR count). The molecule has 1 saturated carbocycles. The van der Waals surface area contributed by atoms with Gasteiger partial charge >= 0.3 is 5.97 Å². The predicted molar refractivity (Wildman–Crippen MR) is 81.6 cm³/mol. The van der Waals surface area contributed by atoms with E-state index in [9.17, 15) is 4.79 Å². The van der Waals surface area contributed by atoms with Gasteiger partial charge in [0.25, 0.3) is 0 Å². The molecule has 0 aliphatic heterocycles. The van der Waals surface area contributed by atoms with E-state index in [2.05, 4.69) is 0 Å². The molecule has 1 aliphatic rings. The molecule has 21 heavy (non-hydrogen) atoms. The summed E-state index contributed by atoms with van der Waals surface area (Å²) >= 11 is 0. The lowest BCUT2D eigenvalue weighted by Gasteiger charge is -2.36. The minimum atomic E-state index is -0.688. The molecule has 0 aromatic heterocycles. The van der Waals surface area contributed by atoms with Crippen LogP contribution in [0, 0.1) is 5.92 Å². The molecular formula is C17H25NO3. The Hall–Kier alpha value is -1.39. The first-order valence-corrected chi connectivity index (χ1v) is 7.71. The molecule has 0 heterocycles. The van der Waals surface area contributed by atoms with Crippen molar-refractivity contribution in [1.82, 2.24) is 0 Å². The third kappa shape index (κ3) is 4.29. The van der Waals surface area contributed by atoms with Gasteiger partial charge in [-0.15, -0.1) is 0 Å². The molecule has 4 heteroatoms. The fraction of sp³-hybridized carbons (Fsp3) is 0.588. The molecular weight excluding hydrogens is 266 g/mol. The highest BCUT2D eigenvalue weighted by Crippen LogP contribution is 2.31. The van der Waals surface area contributed by atoms with Gasteiger partial charge in [0.1, 0.15) is 5.60 Å². The van der Waals surface area contributed by atoms with Gasteiger partial charge in [0.05, 0.1) is 5.56 Å². The lowest BCUT2D eigenvalue weighted by molar-refractivity contribution is -0.315. The molecule has 2 N–H and O–H groups in total. The SMILES string of the molecule is CC(C)(OOC(=O)c1ccccc1)C(N)C1CCCCC1. The van der Waals surface area contributed by atoms with Gasteiger partial charge in [0.2, 0.25) is 0 Å². The van der Waals surface area contributed by atoms with Crippen LogP contribution in [-0.2, 0) is 9.78 Å². The van der Waals surface area contributed by atoms with Crippen LogP contribution >= 0.6 is 0 Å². The molecule has 0 radical (unpaired) electrons. The number of rotatable bonds is 5. The van der Waals surface area contributed by atoms with Crippen LogP contribution in [0.25, 0.3) is 0 Å². The largest absolute Gasteiger partial charge is 0.373 e. The standard InChI is InChI=1S/C17H25NO3/c1-17(2,15(18)13-9-5-3-6-10-13)21-20-16(19)14-11-7-4-8-12-14/h4,7-8,11-13,15H,3,5-6,9-10,18H2,1-2H3. The van der Waals surface area contributed by atoms with Crippen LogP contribution in [0.2, 0.25) is 0 Å². The second-order valence-electron chi connectivity index (χ2n) is 6.35. The van der Waals surface area contributed by atoms with Gasteiger partial charge in [0.15, 0.2) is 0 Å². The summed E-state index contributed by atoms with van der Waals surface area (Å²) in [5.74, 6) is -0.0521. The fourth-order valence-electron chi connectivity index (χ4n) is 2.88. The van der Waals surface area contributed by atoms with Crippen LogP contribution in [0.3, 0.4) is 0 Å². The van der Waals surface area contributed by atoms with Gasteiger partial charge < -0.3 is 5.73 Å². The molecule has 1 atom stereocenters. The van der Waals surface area contributed by atoms with E-state index in [1.165, 1.54) is 19.3 Å². The Morgan fingerprint density at radius 1 is 1.19 bits per heavy atom. The van der Waals surface area contributed by atoms with Gasteiger partial charge in [0, 0.05) is 6.04 Å². The van der Waals surface area contributed by atoms with Crippen molar-refractivity contribution in [2.24, 2.45) is 11.7 Å². The Kier molecular flexibility index (Phi) is 5.37. The summed E-state index contributed by atoms with van der Waals surface area (Å²) in [7, 11) is 0. The Morgan fingerprint density at radius 2 is 1.81 bits per heavy atom. The quantitative estimate of drug-likeness (QED) is 0.666. The molecule has 116 valence electrons. The van der Waals surface area contributed by atoms with Gasteiger partial charge in [-0.1, -0.05) is 37.5 Å². The maximum Gasteiger partial charge on any atom is 0.373 e. The van der Waals surface area contributed by atoms with E-state index in [1.807, 2.05) is 19.9 Å². The van der Waals surface area contributed by atoms with E-state index in [1.54, 1.807) is 24.3 Å². The number of hydrogen-bond acceptors (Lipinski definition) is 4. The molecule has 0 amide bonds. The molecule has 0 saturated heterocycles. The van der Waals surface area contributed by atoms with Crippen molar-refractivity contribution in [3.05, 3.63) is 35.9 Å². The lowest BCUT2D eigenvalue weighted by atomic mass is 9.78. The van der Waals surface area contributed by atoms with Crippen LogP contribution in [0.1, 0.15) is 56.3 Å². The van der Waals surface area contributed by atoms with Gasteiger partial charge in [-0.25, -0.2) is 4.79 Å². The first kappa shape index (κ1) is 16.0. The first-order chi connectivity index (χ1) is 10.0. The van der Waals surface area contributed by atoms with Crippen molar-refractivity contribution in [2.45, 2.75) is 57.6 Å². The minimum Gasteiger partial charge on any atom is -0.325 e. The first-order valence-electron chi connectivity index (χ1n) is 7.71. The Bertz CT molecular complexity index is 452. The van der Waals surface area contributed by atoms with Gasteiger partial charge in [-0.3, -0.25) is 4.89 Å². The van der Waals surface area contributed by atoms with Crippen LogP contribution in [0.5, 0.6) is 0 Å². The van der Waals surface area contributed by atoms with Crippen molar-refractivity contribution >= 4 is 5.97 Å². The lowest BCUT2D eigenvalue weighted by Crippen LogP contribution is -2.50. The molecule has 1 fully saturated rings. The molecule has 0 spiro atoms. The normalized spacial score (nSPS) is 18.2. The average molecular weight is 291 g/mol. The number of nitrogens with two attached hydrogens (primary N) is 1.